The number of nitrogens with one attached hydrogen (secondary N) is 2. The molecule has 0 bridgehead atoms. The van der Waals surface area contributed by atoms with E-state index in [9.17, 15) is 4.79 Å². The molecule has 0 saturated carbocycles. The van der Waals surface area contributed by atoms with Crippen molar-refractivity contribution in [3.8, 4) is 10.8 Å². The number of nitrogens with zero attached hydrogens (tertiary/aromatic N) is 1. The monoisotopic (exact) mass is 363 g/mol. The van der Waals surface area contributed by atoms with Crippen LogP contribution in [0.3, 0.4) is 0 Å². The van der Waals surface area contributed by atoms with Crippen molar-refractivity contribution in [1.82, 2.24) is 15.6 Å². The lowest BCUT2D eigenvalue weighted by Crippen LogP contribution is -2.45. The van der Waals surface area contributed by atoms with E-state index < -0.39 is 0 Å². The van der Waals surface area contributed by atoms with E-state index in [0.717, 1.165) is 35.8 Å². The molecule has 122 valence electrons. The van der Waals surface area contributed by atoms with Crippen molar-refractivity contribution in [3.05, 3.63) is 29.0 Å². The van der Waals surface area contributed by atoms with Gasteiger partial charge >= 0.3 is 0 Å². The van der Waals surface area contributed by atoms with Crippen LogP contribution in [0.15, 0.2) is 22.8 Å². The number of aryl methyl sites for hydroxylation is 1. The predicted molar refractivity (Wildman–Crippen MR) is 92.4 cm³/mol. The Morgan fingerprint density at radius 1 is 1.50 bits per heavy atom. The average Bonchev–Trinajstić information content (AvgIpc) is 3.08. The Kier molecular flexibility index (Phi) is 7.35. The predicted octanol–water partition coefficient (Wildman–Crippen LogP) is 3.04. The summed E-state index contributed by atoms with van der Waals surface area (Å²) in [6.45, 7) is 3.78. The lowest BCUT2D eigenvalue weighted by Gasteiger charge is -2.23. The van der Waals surface area contributed by atoms with Gasteiger partial charge in [0.05, 0.1) is 6.26 Å². The van der Waals surface area contributed by atoms with Crippen LogP contribution in [0.2, 0.25) is 0 Å². The van der Waals surface area contributed by atoms with Gasteiger partial charge in [-0.1, -0.05) is 0 Å². The van der Waals surface area contributed by atoms with E-state index in [2.05, 4.69) is 15.6 Å². The number of thiazole rings is 1. The summed E-state index contributed by atoms with van der Waals surface area (Å²) in [5, 5.41) is 7.08. The van der Waals surface area contributed by atoms with Gasteiger partial charge in [0, 0.05) is 17.5 Å². The first-order valence-electron chi connectivity index (χ1n) is 6.77. The lowest BCUT2D eigenvalue weighted by atomic mass is 10.1. The van der Waals surface area contributed by atoms with Crippen molar-refractivity contribution in [2.75, 3.05) is 13.1 Å². The first-order valence-corrected chi connectivity index (χ1v) is 7.58. The molecule has 1 aliphatic heterocycles. The SMILES string of the molecule is Cc1sc(-c2ccco2)nc1C(=O)N[C@H]1CCCNC1.Cl.Cl. The number of carbonyl (C=O) groups excluding carboxylic acids is 1. The Morgan fingerprint density at radius 3 is 2.95 bits per heavy atom. The van der Waals surface area contributed by atoms with E-state index >= 15 is 0 Å². The zero-order valence-corrected chi connectivity index (χ0v) is 14.6. The molecule has 2 N–H and O–H groups in total. The molecule has 0 unspecified atom stereocenters. The topological polar surface area (TPSA) is 67.2 Å². The summed E-state index contributed by atoms with van der Waals surface area (Å²) in [6.07, 6.45) is 3.73. The third kappa shape index (κ3) is 4.23. The highest BCUT2D eigenvalue weighted by Crippen LogP contribution is 2.27. The van der Waals surface area contributed by atoms with Crippen LogP contribution in [-0.4, -0.2) is 30.0 Å². The second-order valence-electron chi connectivity index (χ2n) is 4.92. The van der Waals surface area contributed by atoms with Crippen molar-refractivity contribution in [3.63, 3.8) is 0 Å². The second-order valence-corrected chi connectivity index (χ2v) is 6.12. The van der Waals surface area contributed by atoms with Gasteiger partial charge in [-0.3, -0.25) is 4.79 Å². The fourth-order valence-corrected chi connectivity index (χ4v) is 3.22. The van der Waals surface area contributed by atoms with Crippen molar-refractivity contribution in [1.29, 1.82) is 0 Å². The fraction of sp³-hybridized carbons (Fsp3) is 0.429. The second kappa shape index (κ2) is 8.53. The summed E-state index contributed by atoms with van der Waals surface area (Å²) in [4.78, 5) is 17.6. The van der Waals surface area contributed by atoms with Crippen molar-refractivity contribution in [2.45, 2.75) is 25.8 Å². The Balaban J connectivity index is 0.00000121. The minimum Gasteiger partial charge on any atom is -0.462 e. The first kappa shape index (κ1) is 19.0. The molecule has 2 aromatic heterocycles. The standard InChI is InChI=1S/C14H17N3O2S.2ClH/c1-9-12(13(18)16-10-4-2-6-15-8-10)17-14(20-9)11-5-3-7-19-11;;/h3,5,7,10,15H,2,4,6,8H2,1H3,(H,16,18);2*1H/t10-;;/m0../s1. The molecule has 0 spiro atoms. The first-order chi connectivity index (χ1) is 9.74. The molecule has 22 heavy (non-hydrogen) atoms. The zero-order chi connectivity index (χ0) is 13.9. The number of carbonyl (C=O) groups is 1. The Morgan fingerprint density at radius 2 is 2.32 bits per heavy atom. The molecular formula is C14H19Cl2N3O2S. The molecule has 0 aromatic carbocycles. The maximum atomic E-state index is 12.3. The Hall–Kier alpha value is -1.08. The van der Waals surface area contributed by atoms with Gasteiger partial charge in [-0.15, -0.1) is 36.2 Å². The van der Waals surface area contributed by atoms with Crippen molar-refractivity contribution in [2.24, 2.45) is 0 Å². The summed E-state index contributed by atoms with van der Waals surface area (Å²) in [7, 11) is 0. The Labute approximate surface area is 145 Å². The highest BCUT2D eigenvalue weighted by atomic mass is 35.5. The molecule has 1 atom stereocenters. The fourth-order valence-electron chi connectivity index (χ4n) is 2.34. The average molecular weight is 364 g/mol. The van der Waals surface area contributed by atoms with Crippen LogP contribution in [0.5, 0.6) is 0 Å². The van der Waals surface area contributed by atoms with Crippen LogP contribution in [0, 0.1) is 6.92 Å². The van der Waals surface area contributed by atoms with Gasteiger partial charge in [0.15, 0.2) is 10.8 Å². The number of aromatic nitrogens is 1. The van der Waals surface area contributed by atoms with Crippen molar-refractivity contribution < 1.29 is 9.21 Å². The smallest absolute Gasteiger partial charge is 0.271 e. The molecular weight excluding hydrogens is 345 g/mol. The van der Waals surface area contributed by atoms with Gasteiger partial charge < -0.3 is 15.1 Å². The van der Waals surface area contributed by atoms with Gasteiger partial charge in [0.1, 0.15) is 5.69 Å². The minimum atomic E-state index is -0.0924. The molecule has 5 nitrogen and oxygen atoms in total. The van der Waals surface area contributed by atoms with Crippen LogP contribution in [-0.2, 0) is 0 Å². The third-order valence-electron chi connectivity index (χ3n) is 3.38. The number of halogens is 2. The van der Waals surface area contributed by atoms with Crippen LogP contribution in [0.25, 0.3) is 10.8 Å². The molecule has 1 fully saturated rings. The van der Waals surface area contributed by atoms with E-state index in [-0.39, 0.29) is 36.8 Å². The molecule has 3 rings (SSSR count). The molecule has 1 amide bonds. The molecule has 1 aliphatic rings. The van der Waals surface area contributed by atoms with Crippen LogP contribution < -0.4 is 10.6 Å². The zero-order valence-electron chi connectivity index (χ0n) is 12.1. The summed E-state index contributed by atoms with van der Waals surface area (Å²) < 4.78 is 5.32. The molecule has 2 aromatic rings. The lowest BCUT2D eigenvalue weighted by molar-refractivity contribution is 0.0926. The maximum Gasteiger partial charge on any atom is 0.271 e. The highest BCUT2D eigenvalue weighted by molar-refractivity contribution is 7.15. The largest absolute Gasteiger partial charge is 0.462 e. The number of piperidine rings is 1. The summed E-state index contributed by atoms with van der Waals surface area (Å²) in [5.74, 6) is 0.613. The van der Waals surface area contributed by atoms with Crippen LogP contribution in [0.4, 0.5) is 0 Å². The maximum absolute atomic E-state index is 12.3. The molecule has 1 saturated heterocycles. The molecule has 3 heterocycles. The Bertz CT molecular complexity index is 595. The van der Waals surface area contributed by atoms with Gasteiger partial charge in [-0.05, 0) is 38.4 Å². The van der Waals surface area contributed by atoms with Crippen LogP contribution >= 0.6 is 36.2 Å². The van der Waals surface area contributed by atoms with Gasteiger partial charge in [-0.2, -0.15) is 0 Å². The minimum absolute atomic E-state index is 0. The van der Waals surface area contributed by atoms with E-state index in [4.69, 9.17) is 4.42 Å². The van der Waals surface area contributed by atoms with E-state index in [1.165, 1.54) is 11.3 Å². The van der Waals surface area contributed by atoms with Gasteiger partial charge in [0.25, 0.3) is 5.91 Å². The number of furan rings is 1. The van der Waals surface area contributed by atoms with Crippen LogP contribution in [0.1, 0.15) is 28.2 Å². The normalized spacial score (nSPS) is 17.2. The highest BCUT2D eigenvalue weighted by Gasteiger charge is 2.21. The summed E-state index contributed by atoms with van der Waals surface area (Å²) >= 11 is 1.48. The third-order valence-corrected chi connectivity index (χ3v) is 4.36. The molecule has 8 heteroatoms. The molecule has 0 aliphatic carbocycles. The summed E-state index contributed by atoms with van der Waals surface area (Å²) in [6, 6.07) is 3.87. The van der Waals surface area contributed by atoms with Crippen molar-refractivity contribution >= 4 is 42.1 Å². The summed E-state index contributed by atoms with van der Waals surface area (Å²) in [5.41, 5.74) is 0.506. The number of hydrogen-bond donors (Lipinski definition) is 2. The quantitative estimate of drug-likeness (QED) is 0.879. The van der Waals surface area contributed by atoms with E-state index in [1.54, 1.807) is 6.26 Å². The van der Waals surface area contributed by atoms with E-state index in [0.29, 0.717) is 11.5 Å². The van der Waals surface area contributed by atoms with E-state index in [1.807, 2.05) is 19.1 Å². The van der Waals surface area contributed by atoms with Gasteiger partial charge in [0.2, 0.25) is 0 Å². The molecule has 0 radical (unpaired) electrons. The number of rotatable bonds is 3. The number of amides is 1. The van der Waals surface area contributed by atoms with Gasteiger partial charge in [-0.25, -0.2) is 4.98 Å². The number of hydrogen-bond acceptors (Lipinski definition) is 5.